The van der Waals surface area contributed by atoms with Crippen LogP contribution in [0.25, 0.3) is 11.1 Å². The first-order valence-corrected chi connectivity index (χ1v) is 16.0. The highest BCUT2D eigenvalue weighted by atomic mass is 35.5. The van der Waals surface area contributed by atoms with Gasteiger partial charge in [-0.25, -0.2) is 4.79 Å². The van der Waals surface area contributed by atoms with Crippen molar-refractivity contribution < 1.29 is 34.5 Å². The van der Waals surface area contributed by atoms with Crippen molar-refractivity contribution in [2.45, 2.75) is 71.4 Å². The average molecular weight is 644 g/mol. The van der Waals surface area contributed by atoms with Crippen molar-refractivity contribution in [3.8, 4) is 16.9 Å². The number of aromatic carboxylic acids is 1. The Morgan fingerprint density at radius 3 is 2.49 bits per heavy atom. The number of halogens is 1. The first-order chi connectivity index (χ1) is 21.2. The summed E-state index contributed by atoms with van der Waals surface area (Å²) in [6.45, 7) is 8.17. The van der Waals surface area contributed by atoms with Crippen LogP contribution in [0.2, 0.25) is 5.02 Å². The fourth-order valence-electron chi connectivity index (χ4n) is 8.02. The molecule has 4 fully saturated rings. The monoisotopic (exact) mass is 643 g/mol. The van der Waals surface area contributed by atoms with E-state index in [4.69, 9.17) is 21.2 Å². The predicted octanol–water partition coefficient (Wildman–Crippen LogP) is 4.44. The van der Waals surface area contributed by atoms with Gasteiger partial charge in [-0.2, -0.15) is 5.06 Å². The fourth-order valence-corrected chi connectivity index (χ4v) is 8.28. The minimum absolute atomic E-state index is 0.0167. The second-order valence-corrected chi connectivity index (χ2v) is 14.2. The van der Waals surface area contributed by atoms with Crippen molar-refractivity contribution in [3.05, 3.63) is 46.5 Å². The molecule has 2 aromatic rings. The summed E-state index contributed by atoms with van der Waals surface area (Å²) in [5.74, 6) is -0.171. The van der Waals surface area contributed by atoms with Crippen LogP contribution in [0, 0.1) is 29.1 Å². The number of rotatable bonds is 10. The van der Waals surface area contributed by atoms with E-state index in [1.807, 2.05) is 25.1 Å². The molecule has 0 aromatic heterocycles. The fraction of sp³-hybridized carbons (Fsp3) is 0.588. The van der Waals surface area contributed by atoms with Crippen LogP contribution in [0.5, 0.6) is 5.75 Å². The highest BCUT2D eigenvalue weighted by Gasteiger charge is 2.57. The van der Waals surface area contributed by atoms with Gasteiger partial charge in [-0.1, -0.05) is 38.4 Å². The number of ether oxygens (including phenoxy) is 1. The number of aliphatic hydroxyl groups is 2. The summed E-state index contributed by atoms with van der Waals surface area (Å²) in [7, 11) is 5.15. The number of nitrogens with zero attached hydrogens (tertiary/aromatic N) is 2. The molecular weight excluding hydrogens is 598 g/mol. The molecule has 11 heteroatoms. The summed E-state index contributed by atoms with van der Waals surface area (Å²) >= 11 is 6.73. The minimum atomic E-state index is -1.07. The largest absolute Gasteiger partial charge is 0.496 e. The van der Waals surface area contributed by atoms with Crippen molar-refractivity contribution in [2.75, 3.05) is 32.7 Å². The Bertz CT molecular complexity index is 1450. The summed E-state index contributed by atoms with van der Waals surface area (Å²) in [6.07, 6.45) is 0.381. The van der Waals surface area contributed by atoms with E-state index >= 15 is 0 Å². The highest BCUT2D eigenvalue weighted by Crippen LogP contribution is 2.61. The number of aliphatic hydroxyl groups excluding tert-OH is 2. The molecular formula is C34H46ClN3O7. The molecule has 3 saturated carbocycles. The molecule has 45 heavy (non-hydrogen) atoms. The Balaban J connectivity index is 1.49. The molecule has 0 spiro atoms. The first kappa shape index (κ1) is 33.5. The molecule has 1 amide bonds. The molecule has 1 aliphatic heterocycles. The molecule has 4 aliphatic rings. The van der Waals surface area contributed by atoms with E-state index in [1.54, 1.807) is 31.2 Å². The Labute approximate surface area is 270 Å². The number of benzene rings is 2. The van der Waals surface area contributed by atoms with E-state index in [1.165, 1.54) is 18.6 Å². The third-order valence-electron chi connectivity index (χ3n) is 10.8. The van der Waals surface area contributed by atoms with Gasteiger partial charge in [-0.05, 0) is 72.8 Å². The molecule has 2 bridgehead atoms. The second kappa shape index (κ2) is 12.7. The smallest absolute Gasteiger partial charge is 0.335 e. The number of nitrogens with one attached hydrogen (secondary N) is 1. The van der Waals surface area contributed by atoms with Gasteiger partial charge in [0.1, 0.15) is 17.9 Å². The van der Waals surface area contributed by atoms with E-state index < -0.39 is 30.1 Å². The number of carboxylic acids is 1. The molecule has 246 valence electrons. The zero-order chi connectivity index (χ0) is 33.0. The molecule has 3 aliphatic carbocycles. The predicted molar refractivity (Wildman–Crippen MR) is 172 cm³/mol. The van der Waals surface area contributed by atoms with Crippen molar-refractivity contribution in [1.29, 1.82) is 0 Å². The van der Waals surface area contributed by atoms with Gasteiger partial charge in [-0.15, -0.1) is 0 Å². The molecule has 6 rings (SSSR count). The van der Waals surface area contributed by atoms with Crippen LogP contribution in [-0.4, -0.2) is 84.4 Å². The molecule has 8 atom stereocenters. The van der Waals surface area contributed by atoms with Crippen LogP contribution in [0.4, 0.5) is 5.69 Å². The average Bonchev–Trinajstić information content (AvgIpc) is 3.36. The summed E-state index contributed by atoms with van der Waals surface area (Å²) in [5, 5.41) is 36.0. The third-order valence-corrected chi connectivity index (χ3v) is 11.1. The molecule has 0 unspecified atom stereocenters. The highest BCUT2D eigenvalue weighted by molar-refractivity contribution is 6.33. The quantitative estimate of drug-likeness (QED) is 0.297. The van der Waals surface area contributed by atoms with E-state index in [9.17, 15) is 24.9 Å². The third kappa shape index (κ3) is 6.03. The number of methoxy groups -OCH3 is 1. The first-order valence-electron chi connectivity index (χ1n) is 15.6. The van der Waals surface area contributed by atoms with Crippen molar-refractivity contribution in [2.24, 2.45) is 29.1 Å². The summed E-state index contributed by atoms with van der Waals surface area (Å²) in [4.78, 5) is 34.0. The van der Waals surface area contributed by atoms with Crippen molar-refractivity contribution in [3.63, 3.8) is 0 Å². The van der Waals surface area contributed by atoms with E-state index in [0.717, 1.165) is 6.42 Å². The number of carbonyl (C=O) groups excluding carboxylic acids is 1. The minimum Gasteiger partial charge on any atom is -0.496 e. The van der Waals surface area contributed by atoms with E-state index in [2.05, 4.69) is 26.1 Å². The number of amides is 1. The van der Waals surface area contributed by atoms with Gasteiger partial charge in [0.15, 0.2) is 0 Å². The SMILES string of the molecule is COc1c(CN2O[C@@H](CO)[C@@H]([C@H](C)O)[C@H]2C(=O)N[C@H]2C[C@H]3C[C@@H]([C@@H]2C)C3(C)C)ccc(Cl)c1-c1cc(C(=O)O)cc(N(C)C)c1. The Morgan fingerprint density at radius 1 is 1.22 bits per heavy atom. The number of anilines is 1. The van der Waals surface area contributed by atoms with Gasteiger partial charge in [0.25, 0.3) is 0 Å². The number of carboxylic acid groups (broad SMARTS) is 1. The maximum absolute atomic E-state index is 14.1. The standard InChI is InChI=1S/C34H46ClN3O7/c1-17-24-13-22(34(24,3)4)14-26(17)36-32(41)30-28(18(2)40)27(16-39)45-38(30)15-19-8-9-25(35)29(31(19)44-7)20-10-21(33(42)43)12-23(11-20)37(5)6/h8-12,17-18,22,24,26-28,30,39-40H,13-16H2,1-7H3,(H,36,41)(H,42,43)/t17-,18-,22+,24-,26-,27-,28+,30-/m0/s1. The van der Waals surface area contributed by atoms with Gasteiger partial charge in [0, 0.05) is 42.9 Å². The Morgan fingerprint density at radius 2 is 1.93 bits per heavy atom. The van der Waals surface area contributed by atoms with Crippen molar-refractivity contribution in [1.82, 2.24) is 10.4 Å². The summed E-state index contributed by atoms with van der Waals surface area (Å²) in [6, 6.07) is 7.59. The number of fused-ring (bicyclic) bond motifs is 2. The van der Waals surface area contributed by atoms with Crippen LogP contribution < -0.4 is 15.0 Å². The summed E-state index contributed by atoms with van der Waals surface area (Å²) < 4.78 is 5.89. The molecule has 1 heterocycles. The second-order valence-electron chi connectivity index (χ2n) is 13.8. The van der Waals surface area contributed by atoms with Crippen LogP contribution in [0.3, 0.4) is 0 Å². The topological polar surface area (TPSA) is 132 Å². The number of carbonyl (C=O) groups is 2. The van der Waals surface area contributed by atoms with Gasteiger partial charge in [0.2, 0.25) is 5.91 Å². The van der Waals surface area contributed by atoms with E-state index in [0.29, 0.717) is 50.9 Å². The van der Waals surface area contributed by atoms with Crippen molar-refractivity contribution >= 4 is 29.2 Å². The zero-order valence-corrected chi connectivity index (χ0v) is 27.8. The van der Waals surface area contributed by atoms with Crippen LogP contribution >= 0.6 is 11.6 Å². The van der Waals surface area contributed by atoms with Gasteiger partial charge in [-0.3, -0.25) is 9.63 Å². The molecule has 4 N–H and O–H groups in total. The van der Waals surface area contributed by atoms with Gasteiger partial charge in [0.05, 0.1) is 37.0 Å². The van der Waals surface area contributed by atoms with E-state index in [-0.39, 0.29) is 36.1 Å². The lowest BCUT2D eigenvalue weighted by Gasteiger charge is -2.62. The lowest BCUT2D eigenvalue weighted by Crippen LogP contribution is -2.62. The Hall–Kier alpha value is -2.89. The van der Waals surface area contributed by atoms with Crippen LogP contribution in [0.15, 0.2) is 30.3 Å². The Kier molecular flexibility index (Phi) is 9.46. The number of hydrogen-bond acceptors (Lipinski definition) is 8. The number of hydroxylamine groups is 2. The molecule has 2 aromatic carbocycles. The summed E-state index contributed by atoms with van der Waals surface area (Å²) in [5.41, 5.74) is 2.75. The lowest BCUT2D eigenvalue weighted by atomic mass is 9.45. The van der Waals surface area contributed by atoms with Gasteiger partial charge < -0.3 is 30.3 Å². The number of hydrogen-bond donors (Lipinski definition) is 4. The molecule has 1 saturated heterocycles. The normalized spacial score (nSPS) is 29.5. The lowest BCUT2D eigenvalue weighted by molar-refractivity contribution is -0.183. The van der Waals surface area contributed by atoms with Crippen LogP contribution in [0.1, 0.15) is 56.5 Å². The maximum Gasteiger partial charge on any atom is 0.335 e. The molecule has 0 radical (unpaired) electrons. The maximum atomic E-state index is 14.1. The zero-order valence-electron chi connectivity index (χ0n) is 27.1. The van der Waals surface area contributed by atoms with Crippen LogP contribution in [-0.2, 0) is 16.2 Å². The molecule has 10 nitrogen and oxygen atoms in total. The van der Waals surface area contributed by atoms with Gasteiger partial charge >= 0.3 is 5.97 Å².